The molecule has 0 aliphatic carbocycles. The fourth-order valence-electron chi connectivity index (χ4n) is 4.86. The number of nitrogens with zero attached hydrogens (tertiary/aromatic N) is 2. The molecule has 1 amide bonds. The number of carbonyl (C=O) groups excluding carboxylic acids is 2. The van der Waals surface area contributed by atoms with E-state index in [1.165, 1.54) is 16.2 Å². The minimum atomic E-state index is -0.914. The lowest BCUT2D eigenvalue weighted by molar-refractivity contribution is -0.132. The zero-order valence-electron chi connectivity index (χ0n) is 22.2. The molecule has 0 spiro atoms. The third kappa shape index (κ3) is 5.17. The van der Waals surface area contributed by atoms with E-state index in [1.807, 2.05) is 79.7 Å². The van der Waals surface area contributed by atoms with Crippen molar-refractivity contribution in [3.63, 3.8) is 0 Å². The largest absolute Gasteiger partial charge is 0.507 e. The van der Waals surface area contributed by atoms with Crippen molar-refractivity contribution in [1.29, 1.82) is 0 Å². The first-order chi connectivity index (χ1) is 20.0. The fourth-order valence-corrected chi connectivity index (χ4v) is 5.89. The molecular weight excluding hydrogens is 536 g/mol. The summed E-state index contributed by atoms with van der Waals surface area (Å²) in [5.74, 6) is -0.511. The van der Waals surface area contributed by atoms with Gasteiger partial charge in [-0.3, -0.25) is 14.5 Å². The monoisotopic (exact) mass is 562 g/mol. The second kappa shape index (κ2) is 11.3. The van der Waals surface area contributed by atoms with Gasteiger partial charge in [0.15, 0.2) is 5.13 Å². The van der Waals surface area contributed by atoms with Crippen molar-refractivity contribution >= 4 is 44.1 Å². The predicted molar refractivity (Wildman–Crippen MR) is 159 cm³/mol. The molecule has 6 rings (SSSR count). The minimum absolute atomic E-state index is 0.00401. The van der Waals surface area contributed by atoms with Crippen molar-refractivity contribution in [2.45, 2.75) is 19.6 Å². The molecule has 2 heterocycles. The summed E-state index contributed by atoms with van der Waals surface area (Å²) < 4.78 is 12.5. The van der Waals surface area contributed by atoms with Gasteiger partial charge in [0.25, 0.3) is 5.78 Å². The summed E-state index contributed by atoms with van der Waals surface area (Å²) in [5, 5.41) is 11.7. The molecule has 1 atom stereocenters. The number of hydrogen-bond donors (Lipinski definition) is 1. The van der Waals surface area contributed by atoms with Gasteiger partial charge in [-0.1, -0.05) is 84.1 Å². The SMILES string of the molecule is CCOc1ccc2nc(N3C(=O)C(=O)/C(=C(/O)c4ccccc4)C3c3cccc(OCc4ccccc4)c3)sc2c1. The third-order valence-electron chi connectivity index (χ3n) is 6.78. The second-order valence-electron chi connectivity index (χ2n) is 9.44. The highest BCUT2D eigenvalue weighted by Gasteiger charge is 2.48. The molecule has 1 aromatic heterocycles. The molecule has 0 saturated carbocycles. The third-order valence-corrected chi connectivity index (χ3v) is 7.80. The van der Waals surface area contributed by atoms with Crippen molar-refractivity contribution in [1.82, 2.24) is 4.98 Å². The first kappa shape index (κ1) is 26.3. The number of fused-ring (bicyclic) bond motifs is 1. The number of hydrogen-bond acceptors (Lipinski definition) is 7. The van der Waals surface area contributed by atoms with Crippen LogP contribution in [0.15, 0.2) is 109 Å². The molecule has 1 aliphatic rings. The molecule has 1 N–H and O–H groups in total. The van der Waals surface area contributed by atoms with Crippen molar-refractivity contribution < 1.29 is 24.2 Å². The van der Waals surface area contributed by atoms with Gasteiger partial charge in [0, 0.05) is 5.56 Å². The number of ether oxygens (including phenoxy) is 2. The Balaban J connectivity index is 1.46. The van der Waals surface area contributed by atoms with Crippen LogP contribution in [0.3, 0.4) is 0 Å². The van der Waals surface area contributed by atoms with Crippen LogP contribution in [-0.4, -0.2) is 28.4 Å². The first-order valence-corrected chi connectivity index (χ1v) is 14.0. The first-order valence-electron chi connectivity index (χ1n) is 13.2. The number of benzene rings is 4. The maximum atomic E-state index is 13.6. The summed E-state index contributed by atoms with van der Waals surface area (Å²) in [6, 6.07) is 30.4. The van der Waals surface area contributed by atoms with E-state index in [9.17, 15) is 14.7 Å². The molecule has 1 fully saturated rings. The zero-order chi connectivity index (χ0) is 28.3. The quantitative estimate of drug-likeness (QED) is 0.126. The van der Waals surface area contributed by atoms with Crippen LogP contribution in [0, 0.1) is 0 Å². The topological polar surface area (TPSA) is 89.0 Å². The van der Waals surface area contributed by atoms with Crippen LogP contribution >= 0.6 is 11.3 Å². The Morgan fingerprint density at radius 3 is 2.37 bits per heavy atom. The summed E-state index contributed by atoms with van der Waals surface area (Å²) >= 11 is 1.29. The molecule has 4 aromatic carbocycles. The molecule has 8 heteroatoms. The van der Waals surface area contributed by atoms with Crippen LogP contribution in [0.5, 0.6) is 11.5 Å². The van der Waals surface area contributed by atoms with Crippen LogP contribution in [0.1, 0.15) is 29.7 Å². The Bertz CT molecular complexity index is 1760. The Hall–Kier alpha value is -4.95. The van der Waals surface area contributed by atoms with E-state index in [4.69, 9.17) is 14.5 Å². The Morgan fingerprint density at radius 2 is 1.61 bits per heavy atom. The van der Waals surface area contributed by atoms with E-state index in [0.717, 1.165) is 10.3 Å². The normalized spacial score (nSPS) is 16.3. The maximum absolute atomic E-state index is 13.6. The standard InChI is InChI=1S/C33H26N2O5S/c1-2-39-25-16-17-26-27(19-25)41-33(34-26)35-29(28(31(37)32(35)38)30(36)22-12-7-4-8-13-22)23-14-9-15-24(18-23)40-20-21-10-5-3-6-11-21/h3-19,29,36H,2,20H2,1H3/b30-28+. The lowest BCUT2D eigenvalue weighted by Crippen LogP contribution is -2.29. The highest BCUT2D eigenvalue weighted by molar-refractivity contribution is 7.22. The maximum Gasteiger partial charge on any atom is 0.301 e. The summed E-state index contributed by atoms with van der Waals surface area (Å²) in [6.07, 6.45) is 0. The van der Waals surface area contributed by atoms with Gasteiger partial charge in [-0.25, -0.2) is 4.98 Å². The van der Waals surface area contributed by atoms with Crippen LogP contribution < -0.4 is 14.4 Å². The molecule has 204 valence electrons. The average Bonchev–Trinajstić information content (AvgIpc) is 3.54. The van der Waals surface area contributed by atoms with Gasteiger partial charge < -0.3 is 14.6 Å². The van der Waals surface area contributed by atoms with E-state index in [2.05, 4.69) is 0 Å². The van der Waals surface area contributed by atoms with E-state index >= 15 is 0 Å². The summed E-state index contributed by atoms with van der Waals surface area (Å²) in [6.45, 7) is 2.79. The van der Waals surface area contributed by atoms with Crippen molar-refractivity contribution in [2.24, 2.45) is 0 Å². The van der Waals surface area contributed by atoms with Gasteiger partial charge in [0.05, 0.1) is 28.4 Å². The molecule has 0 bridgehead atoms. The predicted octanol–water partition coefficient (Wildman–Crippen LogP) is 6.90. The molecule has 7 nitrogen and oxygen atoms in total. The fraction of sp³-hybridized carbons (Fsp3) is 0.121. The summed E-state index contributed by atoms with van der Waals surface area (Å²) in [4.78, 5) is 33.2. The van der Waals surface area contributed by atoms with Crippen LogP contribution in [0.25, 0.3) is 16.0 Å². The van der Waals surface area contributed by atoms with E-state index < -0.39 is 17.7 Å². The summed E-state index contributed by atoms with van der Waals surface area (Å²) in [5.41, 5.74) is 2.74. The van der Waals surface area contributed by atoms with Gasteiger partial charge >= 0.3 is 5.91 Å². The van der Waals surface area contributed by atoms with Gasteiger partial charge in [0.2, 0.25) is 0 Å². The summed E-state index contributed by atoms with van der Waals surface area (Å²) in [7, 11) is 0. The van der Waals surface area contributed by atoms with Gasteiger partial charge in [-0.15, -0.1) is 0 Å². The lowest BCUT2D eigenvalue weighted by atomic mass is 9.95. The molecule has 1 unspecified atom stereocenters. The molecule has 41 heavy (non-hydrogen) atoms. The van der Waals surface area contributed by atoms with E-state index in [-0.39, 0.29) is 11.3 Å². The Kier molecular flexibility index (Phi) is 7.22. The van der Waals surface area contributed by atoms with Crippen LogP contribution in [0.2, 0.25) is 0 Å². The second-order valence-corrected chi connectivity index (χ2v) is 10.4. The molecular formula is C33H26N2O5S. The van der Waals surface area contributed by atoms with Gasteiger partial charge in [-0.2, -0.15) is 0 Å². The number of ketones is 1. The molecule has 0 radical (unpaired) electrons. The highest BCUT2D eigenvalue weighted by Crippen LogP contribution is 2.45. The van der Waals surface area contributed by atoms with E-state index in [0.29, 0.717) is 46.5 Å². The highest BCUT2D eigenvalue weighted by atomic mass is 32.1. The smallest absolute Gasteiger partial charge is 0.301 e. The van der Waals surface area contributed by atoms with E-state index in [1.54, 1.807) is 30.3 Å². The Morgan fingerprint density at radius 1 is 0.878 bits per heavy atom. The number of carbonyl (C=O) groups is 2. The molecule has 5 aromatic rings. The molecule has 1 aliphatic heterocycles. The lowest BCUT2D eigenvalue weighted by Gasteiger charge is -2.23. The number of anilines is 1. The van der Waals surface area contributed by atoms with Crippen molar-refractivity contribution in [3.8, 4) is 11.5 Å². The van der Waals surface area contributed by atoms with Crippen molar-refractivity contribution in [3.05, 3.63) is 125 Å². The number of aliphatic hydroxyl groups is 1. The van der Waals surface area contributed by atoms with Gasteiger partial charge in [0.1, 0.15) is 23.9 Å². The number of aliphatic hydroxyl groups excluding tert-OH is 1. The number of thiazole rings is 1. The minimum Gasteiger partial charge on any atom is -0.507 e. The van der Waals surface area contributed by atoms with Crippen molar-refractivity contribution in [2.75, 3.05) is 11.5 Å². The number of Topliss-reactive ketones (excluding diaryl/α,β-unsaturated/α-hetero) is 1. The number of rotatable bonds is 8. The van der Waals surface area contributed by atoms with Crippen LogP contribution in [0.4, 0.5) is 5.13 Å². The molecule has 1 saturated heterocycles. The Labute approximate surface area is 240 Å². The number of aromatic nitrogens is 1. The number of amides is 1. The average molecular weight is 563 g/mol. The zero-order valence-corrected chi connectivity index (χ0v) is 23.0. The van der Waals surface area contributed by atoms with Crippen LogP contribution in [-0.2, 0) is 16.2 Å². The van der Waals surface area contributed by atoms with Gasteiger partial charge in [-0.05, 0) is 48.4 Å².